The molecule has 0 bridgehead atoms. The molecular formula is C31H29N3O4. The molecule has 7 heteroatoms. The number of likely N-dealkylation sites (N-methyl/N-ethyl adjacent to an activating group) is 1. The number of hydrogen-bond acceptors (Lipinski definition) is 5. The van der Waals surface area contributed by atoms with Gasteiger partial charge in [-0.15, -0.1) is 0 Å². The number of amides is 1. The van der Waals surface area contributed by atoms with Gasteiger partial charge in [-0.25, -0.2) is 0 Å². The van der Waals surface area contributed by atoms with E-state index in [1.54, 1.807) is 12.1 Å². The second kappa shape index (κ2) is 8.80. The first-order valence-electron chi connectivity index (χ1n) is 12.7. The minimum atomic E-state index is -0.807. The molecular weight excluding hydrogens is 478 g/mol. The van der Waals surface area contributed by atoms with Gasteiger partial charge in [-0.05, 0) is 68.3 Å². The van der Waals surface area contributed by atoms with Crippen LogP contribution in [-0.4, -0.2) is 42.0 Å². The summed E-state index contributed by atoms with van der Waals surface area (Å²) in [6, 6.07) is 18.1. The molecule has 1 amide bonds. The van der Waals surface area contributed by atoms with Crippen LogP contribution in [0.1, 0.15) is 34.0 Å². The lowest BCUT2D eigenvalue weighted by atomic mass is 9.92. The van der Waals surface area contributed by atoms with Crippen molar-refractivity contribution in [2.75, 3.05) is 30.0 Å². The van der Waals surface area contributed by atoms with E-state index in [1.165, 1.54) is 4.90 Å². The molecule has 2 aliphatic heterocycles. The minimum Gasteiger partial charge on any atom is -0.507 e. The molecule has 3 heterocycles. The fourth-order valence-electron chi connectivity index (χ4n) is 5.55. The highest BCUT2D eigenvalue weighted by Gasteiger charge is 2.48. The first kappa shape index (κ1) is 23.9. The summed E-state index contributed by atoms with van der Waals surface area (Å²) in [5, 5.41) is 12.6. The third kappa shape index (κ3) is 3.57. The molecule has 0 spiro atoms. The second-order valence-electron chi connectivity index (χ2n) is 10.1. The molecule has 2 N–H and O–H groups in total. The maximum atomic E-state index is 13.7. The van der Waals surface area contributed by atoms with Crippen LogP contribution in [0.4, 0.5) is 11.4 Å². The number of para-hydroxylation sites is 1. The van der Waals surface area contributed by atoms with Crippen molar-refractivity contribution in [2.24, 2.45) is 0 Å². The third-order valence-electron chi connectivity index (χ3n) is 7.76. The van der Waals surface area contributed by atoms with E-state index in [0.717, 1.165) is 44.7 Å². The van der Waals surface area contributed by atoms with Crippen molar-refractivity contribution in [2.45, 2.75) is 26.8 Å². The van der Waals surface area contributed by atoms with E-state index in [2.05, 4.69) is 4.98 Å². The monoisotopic (exact) mass is 507 g/mol. The van der Waals surface area contributed by atoms with E-state index in [-0.39, 0.29) is 11.3 Å². The van der Waals surface area contributed by atoms with E-state index >= 15 is 0 Å². The van der Waals surface area contributed by atoms with Crippen molar-refractivity contribution in [1.82, 2.24) is 4.98 Å². The number of carbonyl (C=O) groups excluding carboxylic acids is 2. The first-order valence-corrected chi connectivity index (χ1v) is 12.7. The molecule has 4 aromatic rings. The predicted octanol–water partition coefficient (Wildman–Crippen LogP) is 5.55. The van der Waals surface area contributed by atoms with Gasteiger partial charge in [-0.1, -0.05) is 24.3 Å². The van der Waals surface area contributed by atoms with Gasteiger partial charge in [-0.2, -0.15) is 0 Å². The van der Waals surface area contributed by atoms with E-state index in [0.29, 0.717) is 24.4 Å². The Morgan fingerprint density at radius 1 is 1.00 bits per heavy atom. The van der Waals surface area contributed by atoms with Crippen LogP contribution in [0.5, 0.6) is 5.75 Å². The van der Waals surface area contributed by atoms with E-state index in [4.69, 9.17) is 4.74 Å². The Bertz CT molecular complexity index is 1670. The predicted molar refractivity (Wildman–Crippen MR) is 149 cm³/mol. The number of H-pyrrole nitrogens is 1. The molecule has 7 nitrogen and oxygen atoms in total. The summed E-state index contributed by atoms with van der Waals surface area (Å²) in [7, 11) is 1.96. The Morgan fingerprint density at radius 2 is 1.79 bits per heavy atom. The number of fused-ring (bicyclic) bond motifs is 2. The summed E-state index contributed by atoms with van der Waals surface area (Å²) in [5.41, 5.74) is 6.59. The summed E-state index contributed by atoms with van der Waals surface area (Å²) in [5.74, 6) is -0.860. The van der Waals surface area contributed by atoms with Gasteiger partial charge in [0.15, 0.2) is 0 Å². The molecule has 1 saturated heterocycles. The number of benzene rings is 3. The number of hydrogen-bond donors (Lipinski definition) is 2. The van der Waals surface area contributed by atoms with Crippen LogP contribution >= 0.6 is 0 Å². The van der Waals surface area contributed by atoms with Crippen molar-refractivity contribution < 1.29 is 19.4 Å². The molecule has 1 atom stereocenters. The fourth-order valence-corrected chi connectivity index (χ4v) is 5.55. The molecule has 6 rings (SSSR count). The number of rotatable bonds is 3. The first-order chi connectivity index (χ1) is 18.3. The lowest BCUT2D eigenvalue weighted by Crippen LogP contribution is -2.29. The Labute approximate surface area is 221 Å². The van der Waals surface area contributed by atoms with Crippen LogP contribution in [0.2, 0.25) is 0 Å². The molecule has 38 heavy (non-hydrogen) atoms. The molecule has 1 unspecified atom stereocenters. The third-order valence-corrected chi connectivity index (χ3v) is 7.76. The summed E-state index contributed by atoms with van der Waals surface area (Å²) in [4.78, 5) is 34.4. The van der Waals surface area contributed by atoms with E-state index in [9.17, 15) is 14.7 Å². The largest absolute Gasteiger partial charge is 0.507 e. The minimum absolute atomic E-state index is 0.0698. The Balaban J connectivity index is 1.61. The van der Waals surface area contributed by atoms with Gasteiger partial charge in [0, 0.05) is 40.5 Å². The quantitative estimate of drug-likeness (QED) is 0.216. The number of aromatic amines is 1. The Kier molecular flexibility index (Phi) is 5.52. The zero-order valence-corrected chi connectivity index (χ0v) is 21.8. The van der Waals surface area contributed by atoms with Crippen molar-refractivity contribution in [3.8, 4) is 5.75 Å². The zero-order chi connectivity index (χ0) is 26.7. The van der Waals surface area contributed by atoms with Gasteiger partial charge >= 0.3 is 0 Å². The number of aromatic nitrogens is 1. The number of aryl methyl sites for hydroxylation is 3. The summed E-state index contributed by atoms with van der Waals surface area (Å²) < 4.78 is 5.76. The maximum absolute atomic E-state index is 13.7. The highest BCUT2D eigenvalue weighted by Crippen LogP contribution is 2.46. The number of aliphatic hydroxyl groups excluding tert-OH is 1. The SMILES string of the molecule is Cc1ccc(N2C(=O)C(=O)/C(=C(/O)c3ccc4c(c3)N(C)CCO4)C2c2c(C)[nH]c3ccccc23)cc1C. The molecule has 1 aromatic heterocycles. The molecule has 0 radical (unpaired) electrons. The summed E-state index contributed by atoms with van der Waals surface area (Å²) in [6.45, 7) is 7.21. The zero-order valence-electron chi connectivity index (χ0n) is 21.8. The number of ketones is 1. The highest BCUT2D eigenvalue weighted by atomic mass is 16.5. The highest BCUT2D eigenvalue weighted by molar-refractivity contribution is 6.52. The Morgan fingerprint density at radius 3 is 2.58 bits per heavy atom. The van der Waals surface area contributed by atoms with Crippen LogP contribution in [0, 0.1) is 20.8 Å². The number of ether oxygens (including phenoxy) is 1. The number of carbonyl (C=O) groups is 2. The van der Waals surface area contributed by atoms with Crippen molar-refractivity contribution in [3.63, 3.8) is 0 Å². The summed E-state index contributed by atoms with van der Waals surface area (Å²) >= 11 is 0. The van der Waals surface area contributed by atoms with Crippen LogP contribution < -0.4 is 14.5 Å². The molecule has 3 aromatic carbocycles. The molecule has 1 fully saturated rings. The van der Waals surface area contributed by atoms with Crippen LogP contribution in [0.15, 0.2) is 66.2 Å². The molecule has 192 valence electrons. The summed E-state index contributed by atoms with van der Waals surface area (Å²) in [6.07, 6.45) is 0. The van der Waals surface area contributed by atoms with Gasteiger partial charge in [0.25, 0.3) is 11.7 Å². The maximum Gasteiger partial charge on any atom is 0.300 e. The standard InChI is InChI=1S/C31H29N3O4/c1-17-9-11-21(15-18(17)2)34-28(26-19(3)32-23-8-6-5-7-22(23)26)27(30(36)31(34)37)29(35)20-10-12-25-24(16-20)33(4)13-14-38-25/h5-12,15-16,28,32,35H,13-14H2,1-4H3/b29-27+. The van der Waals surface area contributed by atoms with Crippen LogP contribution in [0.25, 0.3) is 16.7 Å². The molecule has 0 aliphatic carbocycles. The van der Waals surface area contributed by atoms with Crippen LogP contribution in [-0.2, 0) is 9.59 Å². The van der Waals surface area contributed by atoms with Gasteiger partial charge in [0.2, 0.25) is 0 Å². The smallest absolute Gasteiger partial charge is 0.300 e. The van der Waals surface area contributed by atoms with E-state index in [1.807, 2.05) is 81.2 Å². The second-order valence-corrected chi connectivity index (χ2v) is 10.1. The van der Waals surface area contributed by atoms with Crippen molar-refractivity contribution >= 4 is 39.7 Å². The number of nitrogens with one attached hydrogen (secondary N) is 1. The Hall–Kier alpha value is -4.52. The van der Waals surface area contributed by atoms with Crippen molar-refractivity contribution in [1.29, 1.82) is 0 Å². The normalized spacial score (nSPS) is 18.7. The molecule has 0 saturated carbocycles. The number of aliphatic hydroxyl groups is 1. The van der Waals surface area contributed by atoms with Crippen LogP contribution in [0.3, 0.4) is 0 Å². The fraction of sp³-hybridized carbons (Fsp3) is 0.226. The average Bonchev–Trinajstić information content (AvgIpc) is 3.37. The number of Topliss-reactive ketones (excluding diaryl/α,β-unsaturated/α-hetero) is 1. The van der Waals surface area contributed by atoms with E-state index < -0.39 is 17.7 Å². The topological polar surface area (TPSA) is 85.9 Å². The van der Waals surface area contributed by atoms with Gasteiger partial charge in [-0.3, -0.25) is 14.5 Å². The number of nitrogens with zero attached hydrogens (tertiary/aromatic N) is 2. The van der Waals surface area contributed by atoms with Crippen molar-refractivity contribution in [3.05, 3.63) is 94.2 Å². The lowest BCUT2D eigenvalue weighted by molar-refractivity contribution is -0.132. The van der Waals surface area contributed by atoms with Gasteiger partial charge in [0.05, 0.1) is 23.8 Å². The lowest BCUT2D eigenvalue weighted by Gasteiger charge is -2.28. The molecule has 2 aliphatic rings. The number of anilines is 2. The van der Waals surface area contributed by atoms with Gasteiger partial charge < -0.3 is 19.7 Å². The van der Waals surface area contributed by atoms with Gasteiger partial charge in [0.1, 0.15) is 18.1 Å². The average molecular weight is 508 g/mol.